The van der Waals surface area contributed by atoms with Crippen molar-refractivity contribution in [3.63, 3.8) is 0 Å². The van der Waals surface area contributed by atoms with Gasteiger partial charge in [0.25, 0.3) is 5.91 Å². The molecule has 0 aliphatic heterocycles. The maximum Gasteiger partial charge on any atom is 0.253 e. The summed E-state index contributed by atoms with van der Waals surface area (Å²) in [5.41, 5.74) is 0.782. The number of ether oxygens (including phenoxy) is 1. The van der Waals surface area contributed by atoms with Crippen LogP contribution in [-0.2, 0) is 9.53 Å². The largest absolute Gasteiger partial charge is 0.362 e. The molecule has 1 atom stereocenters. The van der Waals surface area contributed by atoms with Crippen LogP contribution in [0.1, 0.15) is 40.2 Å². The fraction of sp³-hybridized carbons (Fsp3) is 0.471. The summed E-state index contributed by atoms with van der Waals surface area (Å²) in [7, 11) is 0. The molecule has 0 radical (unpaired) electrons. The van der Waals surface area contributed by atoms with Gasteiger partial charge < -0.3 is 10.1 Å². The lowest BCUT2D eigenvalue weighted by Crippen LogP contribution is -2.46. The van der Waals surface area contributed by atoms with Gasteiger partial charge in [0.05, 0.1) is 6.10 Å². The third-order valence-electron chi connectivity index (χ3n) is 2.44. The molecule has 0 saturated heterocycles. The molecule has 20 heavy (non-hydrogen) atoms. The van der Waals surface area contributed by atoms with E-state index in [0.717, 1.165) is 5.56 Å². The first kappa shape index (κ1) is 16.4. The highest BCUT2D eigenvalue weighted by atomic mass is 16.5. The van der Waals surface area contributed by atoms with Crippen LogP contribution in [0.5, 0.6) is 0 Å². The molecule has 0 spiro atoms. The Morgan fingerprint density at radius 3 is 2.30 bits per heavy atom. The number of rotatable bonds is 5. The van der Waals surface area contributed by atoms with Crippen LogP contribution in [0.3, 0.4) is 0 Å². The second-order valence-electron chi connectivity index (χ2n) is 6.11. The third kappa shape index (κ3) is 6.53. The molecule has 1 rings (SSSR count). The highest BCUT2D eigenvalue weighted by molar-refractivity contribution is 5.84. The van der Waals surface area contributed by atoms with Gasteiger partial charge in [-0.05, 0) is 46.3 Å². The molecular formula is C17H25NO2. The van der Waals surface area contributed by atoms with Crippen molar-refractivity contribution in [1.82, 2.24) is 5.32 Å². The predicted octanol–water partition coefficient (Wildman–Crippen LogP) is 3.41. The van der Waals surface area contributed by atoms with Gasteiger partial charge in [0.15, 0.2) is 6.10 Å². The second kappa shape index (κ2) is 7.25. The van der Waals surface area contributed by atoms with Crippen LogP contribution in [-0.4, -0.2) is 23.7 Å². The van der Waals surface area contributed by atoms with E-state index >= 15 is 0 Å². The Balaban J connectivity index is 2.79. The summed E-state index contributed by atoms with van der Waals surface area (Å²) in [4.78, 5) is 12.2. The Morgan fingerprint density at radius 1 is 1.20 bits per heavy atom. The Morgan fingerprint density at radius 2 is 1.80 bits per heavy atom. The molecule has 110 valence electrons. The summed E-state index contributed by atoms with van der Waals surface area (Å²) < 4.78 is 5.68. The van der Waals surface area contributed by atoms with Gasteiger partial charge in [0.2, 0.25) is 0 Å². The molecule has 3 nitrogen and oxygen atoms in total. The fourth-order valence-electron chi connectivity index (χ4n) is 1.69. The van der Waals surface area contributed by atoms with E-state index < -0.39 is 6.10 Å². The molecule has 0 saturated carbocycles. The van der Waals surface area contributed by atoms with Crippen LogP contribution in [0, 0.1) is 0 Å². The zero-order valence-electron chi connectivity index (χ0n) is 13.0. The van der Waals surface area contributed by atoms with Crippen molar-refractivity contribution in [1.29, 1.82) is 0 Å². The number of hydrogen-bond donors (Lipinski definition) is 1. The first-order valence-corrected chi connectivity index (χ1v) is 6.98. The smallest absolute Gasteiger partial charge is 0.253 e. The van der Waals surface area contributed by atoms with Crippen LogP contribution in [0.2, 0.25) is 0 Å². The van der Waals surface area contributed by atoms with E-state index in [4.69, 9.17) is 4.74 Å². The molecule has 1 aromatic carbocycles. The molecule has 1 amide bonds. The van der Waals surface area contributed by atoms with Crippen molar-refractivity contribution < 1.29 is 9.53 Å². The predicted molar refractivity (Wildman–Crippen MR) is 83.4 cm³/mol. The summed E-state index contributed by atoms with van der Waals surface area (Å²) >= 11 is 0. The van der Waals surface area contributed by atoms with Gasteiger partial charge in [-0.1, -0.05) is 36.4 Å². The Hall–Kier alpha value is -1.61. The average Bonchev–Trinajstić information content (AvgIpc) is 2.33. The molecule has 0 aromatic heterocycles. The molecule has 1 aromatic rings. The number of amides is 1. The highest BCUT2D eigenvalue weighted by Crippen LogP contribution is 2.08. The lowest BCUT2D eigenvalue weighted by atomic mass is 10.1. The normalized spacial score (nSPS) is 13.7. The molecule has 1 unspecified atom stereocenters. The zero-order valence-corrected chi connectivity index (χ0v) is 13.0. The number of benzene rings is 1. The van der Waals surface area contributed by atoms with Gasteiger partial charge in [-0.2, -0.15) is 0 Å². The molecule has 0 fully saturated rings. The molecule has 0 aliphatic carbocycles. The van der Waals surface area contributed by atoms with Crippen molar-refractivity contribution in [2.45, 2.75) is 52.4 Å². The monoisotopic (exact) mass is 275 g/mol. The summed E-state index contributed by atoms with van der Waals surface area (Å²) in [5.74, 6) is -0.113. The first-order valence-electron chi connectivity index (χ1n) is 6.98. The number of nitrogens with one attached hydrogen (secondary N) is 1. The molecule has 0 heterocycles. The van der Waals surface area contributed by atoms with Gasteiger partial charge in [0, 0.05) is 5.54 Å². The van der Waals surface area contributed by atoms with Gasteiger partial charge in [-0.25, -0.2) is 0 Å². The first-order chi connectivity index (χ1) is 9.28. The molecule has 1 N–H and O–H groups in total. The summed E-state index contributed by atoms with van der Waals surface area (Å²) in [5, 5.41) is 2.95. The van der Waals surface area contributed by atoms with E-state index in [2.05, 4.69) is 5.32 Å². The summed E-state index contributed by atoms with van der Waals surface area (Å²) in [6.07, 6.45) is 3.13. The van der Waals surface area contributed by atoms with E-state index in [-0.39, 0.29) is 17.6 Å². The van der Waals surface area contributed by atoms with Crippen LogP contribution in [0.4, 0.5) is 0 Å². The van der Waals surface area contributed by atoms with Gasteiger partial charge in [0.1, 0.15) is 0 Å². The highest BCUT2D eigenvalue weighted by Gasteiger charge is 2.22. The van der Waals surface area contributed by atoms with E-state index in [1.165, 1.54) is 0 Å². The van der Waals surface area contributed by atoms with E-state index in [9.17, 15) is 4.79 Å². The summed E-state index contributed by atoms with van der Waals surface area (Å²) in [6, 6.07) is 9.88. The van der Waals surface area contributed by atoms with Crippen molar-refractivity contribution >= 4 is 12.0 Å². The lowest BCUT2D eigenvalue weighted by molar-refractivity contribution is -0.133. The van der Waals surface area contributed by atoms with E-state index in [1.807, 2.05) is 71.0 Å². The van der Waals surface area contributed by atoms with Crippen LogP contribution in [0.15, 0.2) is 36.4 Å². The molecule has 3 heteroatoms. The standard InChI is InChI=1S/C17H25NO2/c1-13(2)20-15(16(19)18-17(3,4)5)12-11-14-9-7-6-8-10-14/h6-13,15H,1-5H3,(H,18,19)/b12-11+. The van der Waals surface area contributed by atoms with Crippen molar-refractivity contribution in [2.75, 3.05) is 0 Å². The van der Waals surface area contributed by atoms with Crippen LogP contribution >= 0.6 is 0 Å². The van der Waals surface area contributed by atoms with E-state index in [0.29, 0.717) is 0 Å². The lowest BCUT2D eigenvalue weighted by Gasteiger charge is -2.24. The maximum absolute atomic E-state index is 12.2. The van der Waals surface area contributed by atoms with Gasteiger partial charge in [-0.3, -0.25) is 4.79 Å². The quantitative estimate of drug-likeness (QED) is 0.894. The number of hydrogen-bond acceptors (Lipinski definition) is 2. The summed E-state index contributed by atoms with van der Waals surface area (Å²) in [6.45, 7) is 9.72. The molecular weight excluding hydrogens is 250 g/mol. The fourth-order valence-corrected chi connectivity index (χ4v) is 1.69. The van der Waals surface area contributed by atoms with Crippen molar-refractivity contribution in [3.05, 3.63) is 42.0 Å². The third-order valence-corrected chi connectivity index (χ3v) is 2.44. The van der Waals surface area contributed by atoms with Crippen molar-refractivity contribution in [2.24, 2.45) is 0 Å². The maximum atomic E-state index is 12.2. The van der Waals surface area contributed by atoms with Crippen molar-refractivity contribution in [3.8, 4) is 0 Å². The van der Waals surface area contributed by atoms with Gasteiger partial charge in [-0.15, -0.1) is 0 Å². The molecule has 0 aliphatic rings. The van der Waals surface area contributed by atoms with E-state index in [1.54, 1.807) is 6.08 Å². The van der Waals surface area contributed by atoms with Gasteiger partial charge >= 0.3 is 0 Å². The second-order valence-corrected chi connectivity index (χ2v) is 6.11. The Kier molecular flexibility index (Phi) is 5.96. The Labute approximate surface area is 122 Å². The Bertz CT molecular complexity index is 444. The van der Waals surface area contributed by atoms with Crippen LogP contribution in [0.25, 0.3) is 6.08 Å². The molecule has 0 bridgehead atoms. The topological polar surface area (TPSA) is 38.3 Å². The average molecular weight is 275 g/mol. The van der Waals surface area contributed by atoms with Crippen LogP contribution < -0.4 is 5.32 Å². The number of carbonyl (C=O) groups excluding carboxylic acids is 1. The minimum Gasteiger partial charge on any atom is -0.362 e. The SMILES string of the molecule is CC(C)OC(/C=C/c1ccccc1)C(=O)NC(C)(C)C. The number of carbonyl (C=O) groups is 1. The zero-order chi connectivity index (χ0) is 15.2. The minimum absolute atomic E-state index is 0.00820. The minimum atomic E-state index is -0.575.